The van der Waals surface area contributed by atoms with E-state index >= 15 is 0 Å². The van der Waals surface area contributed by atoms with Crippen molar-refractivity contribution in [1.29, 1.82) is 0 Å². The van der Waals surface area contributed by atoms with Crippen LogP contribution in [-0.4, -0.2) is 47.3 Å². The molecule has 0 rings (SSSR count). The van der Waals surface area contributed by atoms with Gasteiger partial charge in [-0.25, -0.2) is 0 Å². The molecule has 0 saturated carbocycles. The summed E-state index contributed by atoms with van der Waals surface area (Å²) in [5.41, 5.74) is 0. The van der Waals surface area contributed by atoms with Crippen LogP contribution in [0.2, 0.25) is 0 Å². The van der Waals surface area contributed by atoms with E-state index in [0.717, 1.165) is 0 Å². The van der Waals surface area contributed by atoms with E-state index in [9.17, 15) is 69.1 Å². The highest BCUT2D eigenvalue weighted by molar-refractivity contribution is 8.73. The molecule has 0 heterocycles. The van der Waals surface area contributed by atoms with Crippen LogP contribution in [0.1, 0.15) is 6.92 Å². The zero-order chi connectivity index (χ0) is 23.0. The van der Waals surface area contributed by atoms with Crippen LogP contribution in [0.25, 0.3) is 0 Å². The van der Waals surface area contributed by atoms with Crippen LogP contribution in [0.4, 0.5) is 69.1 Å². The first-order chi connectivity index (χ1) is 10.8. The number of hydrogen-bond donors (Lipinski definition) is 0. The van der Waals surface area contributed by atoms with E-state index in [-0.39, 0.29) is 0 Å². The average molecular weight is 470 g/mol. The SMILES string of the molecule is CC[S+](C)SC.F[B-](F)(F)F.F[B-](F)(F)F.F[B-](F)(F)F.F[B-](F)(F)F. The molecule has 166 valence electrons. The summed E-state index contributed by atoms with van der Waals surface area (Å²) in [6, 6.07) is 0. The molecule has 0 radical (unpaired) electrons. The molecule has 0 aliphatic carbocycles. The Balaban J connectivity index is -0.0000000708. The molecule has 0 aromatic heterocycles. The van der Waals surface area contributed by atoms with Crippen molar-refractivity contribution in [1.82, 2.24) is 0 Å². The van der Waals surface area contributed by atoms with E-state index in [1.54, 1.807) is 0 Å². The third-order valence-corrected chi connectivity index (χ3v) is 4.49. The van der Waals surface area contributed by atoms with Gasteiger partial charge in [0, 0.05) is 6.26 Å². The molecule has 0 bridgehead atoms. The molecule has 0 fully saturated rings. The fourth-order valence-corrected chi connectivity index (χ4v) is 1.06. The minimum Gasteiger partial charge on any atom is -0.418 e. The monoisotopic (exact) mass is 471 g/mol. The van der Waals surface area contributed by atoms with E-state index in [4.69, 9.17) is 0 Å². The van der Waals surface area contributed by atoms with E-state index < -0.39 is 29.0 Å². The second-order valence-electron chi connectivity index (χ2n) is 3.01. The zero-order valence-electron chi connectivity index (χ0n) is 12.9. The topological polar surface area (TPSA) is 0 Å². The summed E-state index contributed by atoms with van der Waals surface area (Å²) < 4.78 is 156. The quantitative estimate of drug-likeness (QED) is 0.187. The van der Waals surface area contributed by atoms with E-state index in [2.05, 4.69) is 19.4 Å². The molecule has 0 saturated heterocycles. The Morgan fingerprint density at radius 1 is 0.538 bits per heavy atom. The molecule has 26 heavy (non-hydrogen) atoms. The highest BCUT2D eigenvalue weighted by Gasteiger charge is 2.21. The van der Waals surface area contributed by atoms with Crippen LogP contribution in [0, 0.1) is 0 Å². The number of hydrogen-bond acceptors (Lipinski definition) is 1. The summed E-state index contributed by atoms with van der Waals surface area (Å²) in [6.45, 7) is 2.22. The first-order valence-electron chi connectivity index (χ1n) is 5.47. The van der Waals surface area contributed by atoms with Gasteiger partial charge >= 0.3 is 29.0 Å². The van der Waals surface area contributed by atoms with Crippen LogP contribution in [0.5, 0.6) is 0 Å². The van der Waals surface area contributed by atoms with Crippen molar-refractivity contribution >= 4 is 49.7 Å². The molecule has 1 atom stereocenters. The maximum atomic E-state index is 9.75. The van der Waals surface area contributed by atoms with E-state index in [1.807, 2.05) is 10.8 Å². The van der Waals surface area contributed by atoms with Crippen LogP contribution < -0.4 is 0 Å². The summed E-state index contributed by atoms with van der Waals surface area (Å²) >= 11 is 0. The largest absolute Gasteiger partial charge is 0.673 e. The normalized spacial score (nSPS) is 12.6. The van der Waals surface area contributed by atoms with Gasteiger partial charge in [0.2, 0.25) is 0 Å². The minimum atomic E-state index is -6.00. The lowest BCUT2D eigenvalue weighted by Gasteiger charge is -1.94. The van der Waals surface area contributed by atoms with Gasteiger partial charge in [-0.3, -0.25) is 0 Å². The third-order valence-electron chi connectivity index (χ3n) is 0.691. The molecule has 0 aliphatic heterocycles. The van der Waals surface area contributed by atoms with Gasteiger partial charge in [0.1, 0.15) is 12.0 Å². The predicted molar refractivity (Wildman–Crippen MR) is 78.1 cm³/mol. The Morgan fingerprint density at radius 3 is 0.654 bits per heavy atom. The standard InChI is InChI=1S/C4H11S2.4BF4/c1-4-6(3)5-2;4*2-1(3,4)5/h4H2,1-3H3;;;;/q+1;4*-1. The van der Waals surface area contributed by atoms with E-state index in [1.165, 1.54) is 5.75 Å². The molecule has 22 heteroatoms. The van der Waals surface area contributed by atoms with Crippen molar-refractivity contribution in [2.24, 2.45) is 0 Å². The molecular formula is C4H11B4F16S2-3. The number of rotatable bonds is 2. The first-order valence-corrected chi connectivity index (χ1v) is 9.01. The van der Waals surface area contributed by atoms with Crippen molar-refractivity contribution in [2.45, 2.75) is 6.92 Å². The Labute approximate surface area is 145 Å². The fraction of sp³-hybridized carbons (Fsp3) is 1.00. The first kappa shape index (κ1) is 36.7. The molecule has 0 aromatic rings. The maximum Gasteiger partial charge on any atom is 0.673 e. The second kappa shape index (κ2) is 17.0. The van der Waals surface area contributed by atoms with Gasteiger partial charge in [0.25, 0.3) is 0 Å². The number of halogens is 16. The molecule has 1 unspecified atom stereocenters. The van der Waals surface area contributed by atoms with Gasteiger partial charge in [-0.05, 0) is 6.92 Å². The Morgan fingerprint density at radius 2 is 0.654 bits per heavy atom. The lowest BCUT2D eigenvalue weighted by molar-refractivity contribution is 0.366. The Bertz CT molecular complexity index is 208. The van der Waals surface area contributed by atoms with Crippen molar-refractivity contribution in [2.75, 3.05) is 18.3 Å². The van der Waals surface area contributed by atoms with Gasteiger partial charge in [0.15, 0.2) is 0 Å². The predicted octanol–water partition coefficient (Wildman–Crippen LogP) is 6.73. The van der Waals surface area contributed by atoms with Crippen LogP contribution >= 0.6 is 10.8 Å². The van der Waals surface area contributed by atoms with Crippen molar-refractivity contribution < 1.29 is 69.1 Å². The molecule has 0 aromatic carbocycles. The molecule has 0 N–H and O–H groups in total. The van der Waals surface area contributed by atoms with Gasteiger partial charge in [0.05, 0.1) is 20.7 Å². The van der Waals surface area contributed by atoms with Gasteiger partial charge in [-0.1, -0.05) is 0 Å². The third kappa shape index (κ3) is 843. The van der Waals surface area contributed by atoms with Crippen LogP contribution in [0.15, 0.2) is 0 Å². The highest BCUT2D eigenvalue weighted by atomic mass is 33.1. The lowest BCUT2D eigenvalue weighted by Crippen LogP contribution is -2.02. The van der Waals surface area contributed by atoms with Crippen LogP contribution in [-0.2, 0) is 9.93 Å². The van der Waals surface area contributed by atoms with Crippen molar-refractivity contribution in [3.8, 4) is 0 Å². The van der Waals surface area contributed by atoms with Crippen molar-refractivity contribution in [3.63, 3.8) is 0 Å². The summed E-state index contributed by atoms with van der Waals surface area (Å²) in [5, 5.41) is 0. The summed E-state index contributed by atoms with van der Waals surface area (Å²) in [5.74, 6) is 1.32. The second-order valence-corrected chi connectivity index (χ2v) is 7.77. The van der Waals surface area contributed by atoms with Gasteiger partial charge in [-0.15, -0.1) is 0 Å². The Hall–Kier alpha value is -0.160. The summed E-state index contributed by atoms with van der Waals surface area (Å²) in [7, 11) is -21.4. The smallest absolute Gasteiger partial charge is 0.418 e. The lowest BCUT2D eigenvalue weighted by atomic mass is 10.3. The Kier molecular flexibility index (Phi) is 24.0. The molecular weight excluding hydrogens is 459 g/mol. The summed E-state index contributed by atoms with van der Waals surface area (Å²) in [4.78, 5) is 0. The minimum absolute atomic E-state index is 0.633. The summed E-state index contributed by atoms with van der Waals surface area (Å²) in [6.07, 6.45) is 4.43. The average Bonchev–Trinajstić information content (AvgIpc) is 2.18. The molecule has 0 nitrogen and oxygen atoms in total. The van der Waals surface area contributed by atoms with Gasteiger partial charge in [-0.2, -0.15) is 0 Å². The zero-order valence-corrected chi connectivity index (χ0v) is 14.5. The molecule has 0 spiro atoms. The highest BCUT2D eigenvalue weighted by Crippen LogP contribution is 2.08. The fourth-order valence-electron chi connectivity index (χ4n) is 0.118. The van der Waals surface area contributed by atoms with Crippen LogP contribution in [0.3, 0.4) is 0 Å². The van der Waals surface area contributed by atoms with E-state index in [0.29, 0.717) is 9.93 Å². The molecule has 0 aliphatic rings. The molecule has 0 amide bonds. The maximum absolute atomic E-state index is 9.75. The van der Waals surface area contributed by atoms with Crippen molar-refractivity contribution in [3.05, 3.63) is 0 Å². The van der Waals surface area contributed by atoms with Gasteiger partial charge < -0.3 is 69.1 Å².